The van der Waals surface area contributed by atoms with Gasteiger partial charge in [0.2, 0.25) is 5.91 Å². The van der Waals surface area contributed by atoms with E-state index in [9.17, 15) is 19.5 Å². The average molecular weight is 511 g/mol. The summed E-state index contributed by atoms with van der Waals surface area (Å²) in [6.07, 6.45) is 9.59. The van der Waals surface area contributed by atoms with Gasteiger partial charge in [-0.05, 0) is 51.7 Å². The highest BCUT2D eigenvalue weighted by Crippen LogP contribution is 2.65. The van der Waals surface area contributed by atoms with Gasteiger partial charge in [0.05, 0.1) is 35.8 Å². The van der Waals surface area contributed by atoms with Gasteiger partial charge in [0.15, 0.2) is 0 Å². The fourth-order valence-electron chi connectivity index (χ4n) is 6.57. The number of benzene rings is 1. The third kappa shape index (κ3) is 3.56. The smallest absolute Gasteiger partial charge is 0.311 e. The molecule has 2 fully saturated rings. The Bertz CT molecular complexity index is 1140. The van der Waals surface area contributed by atoms with Gasteiger partial charge in [-0.2, -0.15) is 0 Å². The lowest BCUT2D eigenvalue weighted by Gasteiger charge is -2.39. The van der Waals surface area contributed by atoms with E-state index in [-0.39, 0.29) is 24.4 Å². The topological polar surface area (TPSA) is 87.2 Å². The van der Waals surface area contributed by atoms with Crippen molar-refractivity contribution in [1.29, 1.82) is 0 Å². The number of nitrogens with zero attached hydrogens (tertiary/aromatic N) is 2. The molecule has 1 N–H and O–H groups in total. The first kappa shape index (κ1) is 25.1. The number of aliphatic hydroxyl groups is 1. The summed E-state index contributed by atoms with van der Waals surface area (Å²) in [6, 6.07) is 4.50. The van der Waals surface area contributed by atoms with Crippen molar-refractivity contribution < 1.29 is 24.2 Å². The van der Waals surface area contributed by atoms with Crippen LogP contribution >= 0.6 is 11.8 Å². The van der Waals surface area contributed by atoms with Gasteiger partial charge >= 0.3 is 5.97 Å². The lowest BCUT2D eigenvalue weighted by molar-refractivity contribution is -0.154. The Labute approximate surface area is 216 Å². The van der Waals surface area contributed by atoms with E-state index in [0.717, 1.165) is 29.7 Å². The molecule has 0 saturated carbocycles. The summed E-state index contributed by atoms with van der Waals surface area (Å²) in [5.41, 5.74) is 2.80. The fourth-order valence-corrected chi connectivity index (χ4v) is 8.71. The number of rotatable bonds is 3. The molecule has 192 valence electrons. The van der Waals surface area contributed by atoms with E-state index in [1.165, 1.54) is 11.8 Å². The molecule has 4 aliphatic heterocycles. The summed E-state index contributed by atoms with van der Waals surface area (Å²) in [5.74, 6) is -2.34. The van der Waals surface area contributed by atoms with Crippen LogP contribution in [0.3, 0.4) is 0 Å². The van der Waals surface area contributed by atoms with Gasteiger partial charge in [-0.25, -0.2) is 0 Å². The van der Waals surface area contributed by atoms with Crippen molar-refractivity contribution in [2.45, 2.75) is 62.1 Å². The molecule has 6 atom stereocenters. The van der Waals surface area contributed by atoms with Crippen molar-refractivity contribution in [3.63, 3.8) is 0 Å². The third-order valence-electron chi connectivity index (χ3n) is 8.14. The Hall–Kier alpha value is -2.58. The van der Waals surface area contributed by atoms with Crippen molar-refractivity contribution in [1.82, 2.24) is 4.90 Å². The zero-order valence-corrected chi connectivity index (χ0v) is 22.1. The number of allylic oxidation sites excluding steroid dienone is 1. The van der Waals surface area contributed by atoms with Crippen molar-refractivity contribution in [3.8, 4) is 0 Å². The van der Waals surface area contributed by atoms with Crippen molar-refractivity contribution in [3.05, 3.63) is 53.6 Å². The third-order valence-corrected chi connectivity index (χ3v) is 9.93. The first-order valence-corrected chi connectivity index (χ1v) is 13.5. The van der Waals surface area contributed by atoms with E-state index in [2.05, 4.69) is 6.08 Å². The monoisotopic (exact) mass is 510 g/mol. The number of esters is 1. The standard InChI is InChI=1S/C28H34N2O5S/c1-17-10-8-11-18(2)22(17)29-14-9-13-28-20(24(32)30(19(3)16-31)23(28)25(29)33)21-26(34)35-15-7-5-6-12-27(21,4)36-28/h6,8-13,19-21,23,31H,5,7,14-16H2,1-4H3/b12-6-/t19-,20+,21-,23?,27+,28+/m1/s1. The number of cyclic esters (lactones) is 1. The largest absolute Gasteiger partial charge is 0.465 e. The van der Waals surface area contributed by atoms with Crippen molar-refractivity contribution in [2.24, 2.45) is 11.8 Å². The summed E-state index contributed by atoms with van der Waals surface area (Å²) in [4.78, 5) is 45.4. The van der Waals surface area contributed by atoms with Gasteiger partial charge in [0.1, 0.15) is 6.04 Å². The van der Waals surface area contributed by atoms with E-state index in [0.29, 0.717) is 13.2 Å². The maximum atomic E-state index is 14.5. The highest BCUT2D eigenvalue weighted by Gasteiger charge is 2.74. The number of carbonyl (C=O) groups is 3. The molecule has 4 aliphatic rings. The number of aliphatic hydroxyl groups excluding tert-OH is 1. The predicted molar refractivity (Wildman–Crippen MR) is 140 cm³/mol. The van der Waals surface area contributed by atoms with Crippen LogP contribution in [0.2, 0.25) is 0 Å². The number of carbonyl (C=O) groups excluding carboxylic acids is 3. The van der Waals surface area contributed by atoms with Crippen LogP contribution in [0, 0.1) is 25.7 Å². The molecule has 0 aliphatic carbocycles. The number of amides is 2. The van der Waals surface area contributed by atoms with E-state index in [4.69, 9.17) is 4.74 Å². The number of para-hydroxylation sites is 1. The van der Waals surface area contributed by atoms with Crippen molar-refractivity contribution in [2.75, 3.05) is 24.7 Å². The number of ether oxygens (including phenoxy) is 1. The number of fused-ring (bicyclic) bond motifs is 2. The number of likely N-dealkylation sites (tertiary alicyclic amines) is 1. The molecule has 0 bridgehead atoms. The minimum Gasteiger partial charge on any atom is -0.465 e. The van der Waals surface area contributed by atoms with E-state index in [1.54, 1.807) is 16.7 Å². The number of anilines is 1. The van der Waals surface area contributed by atoms with Gasteiger partial charge in [0.25, 0.3) is 5.91 Å². The second kappa shape index (κ2) is 9.06. The molecule has 1 spiro atoms. The lowest BCUT2D eigenvalue weighted by atomic mass is 9.74. The second-order valence-electron chi connectivity index (χ2n) is 10.6. The number of hydrogen-bond donors (Lipinski definition) is 1. The first-order valence-electron chi connectivity index (χ1n) is 12.7. The zero-order valence-electron chi connectivity index (χ0n) is 21.3. The van der Waals surface area contributed by atoms with Crippen LogP contribution in [0.4, 0.5) is 5.69 Å². The van der Waals surface area contributed by atoms with E-state index < -0.39 is 33.4 Å². The fraction of sp³-hybridized carbons (Fsp3) is 0.536. The number of aryl methyl sites for hydroxylation is 2. The number of thioether (sulfide) groups is 1. The molecule has 1 aromatic carbocycles. The highest BCUT2D eigenvalue weighted by molar-refractivity contribution is 8.02. The Morgan fingerprint density at radius 1 is 1.11 bits per heavy atom. The van der Waals surface area contributed by atoms with Gasteiger partial charge < -0.3 is 19.6 Å². The Balaban J connectivity index is 1.69. The Morgan fingerprint density at radius 2 is 1.83 bits per heavy atom. The van der Waals surface area contributed by atoms with Crippen molar-refractivity contribution >= 4 is 35.2 Å². The molecule has 0 aromatic heterocycles. The summed E-state index contributed by atoms with van der Waals surface area (Å²) in [5, 5.41) is 10.1. The zero-order chi connectivity index (χ0) is 25.8. The molecule has 2 amide bonds. The Kier molecular flexibility index (Phi) is 6.32. The molecule has 7 nitrogen and oxygen atoms in total. The molecule has 4 heterocycles. The van der Waals surface area contributed by atoms with Crippen LogP contribution in [0.15, 0.2) is 42.5 Å². The predicted octanol–water partition coefficient (Wildman–Crippen LogP) is 3.17. The van der Waals surface area contributed by atoms with Gasteiger partial charge in [-0.1, -0.05) is 42.5 Å². The second-order valence-corrected chi connectivity index (χ2v) is 12.4. The first-order chi connectivity index (χ1) is 17.2. The molecule has 8 heteroatoms. The molecule has 5 rings (SSSR count). The van der Waals surface area contributed by atoms with Gasteiger partial charge in [-0.15, -0.1) is 11.8 Å². The van der Waals surface area contributed by atoms with Crippen LogP contribution < -0.4 is 4.90 Å². The molecule has 0 radical (unpaired) electrons. The lowest BCUT2D eigenvalue weighted by Crippen LogP contribution is -2.56. The van der Waals surface area contributed by atoms with Gasteiger partial charge in [0, 0.05) is 17.0 Å². The summed E-state index contributed by atoms with van der Waals surface area (Å²) < 4.78 is 3.99. The molecule has 1 aromatic rings. The molecule has 1 unspecified atom stereocenters. The Morgan fingerprint density at radius 3 is 2.53 bits per heavy atom. The van der Waals surface area contributed by atoms with Crippen LogP contribution in [-0.2, 0) is 19.1 Å². The normalized spacial score (nSPS) is 35.7. The van der Waals surface area contributed by atoms with Crippen LogP contribution in [-0.4, -0.2) is 69.1 Å². The maximum absolute atomic E-state index is 14.5. The van der Waals surface area contributed by atoms with Gasteiger partial charge in [-0.3, -0.25) is 14.4 Å². The molecular weight excluding hydrogens is 476 g/mol. The minimum atomic E-state index is -0.953. The minimum absolute atomic E-state index is 0.187. The highest BCUT2D eigenvalue weighted by atomic mass is 32.2. The van der Waals surface area contributed by atoms with Crippen LogP contribution in [0.1, 0.15) is 37.8 Å². The summed E-state index contributed by atoms with van der Waals surface area (Å²) in [7, 11) is 0. The molecule has 2 saturated heterocycles. The van der Waals surface area contributed by atoms with Crippen LogP contribution in [0.25, 0.3) is 0 Å². The van der Waals surface area contributed by atoms with E-state index in [1.807, 2.05) is 57.2 Å². The summed E-state index contributed by atoms with van der Waals surface area (Å²) >= 11 is 1.53. The van der Waals surface area contributed by atoms with E-state index >= 15 is 0 Å². The maximum Gasteiger partial charge on any atom is 0.311 e. The molecular formula is C28H34N2O5S. The quantitative estimate of drug-likeness (QED) is 0.497. The average Bonchev–Trinajstić information content (AvgIpc) is 3.19. The molecule has 36 heavy (non-hydrogen) atoms. The SMILES string of the molecule is Cc1cccc(C)c1N1CC=C[C@]23S[C@@]4(C)/C=C\CCCOC(=O)[C@H]4[C@H]2C(=O)N([C@H](C)CO)C3C1=O. The number of hydrogen-bond acceptors (Lipinski definition) is 6. The van der Waals surface area contributed by atoms with Crippen LogP contribution in [0.5, 0.6) is 0 Å². The summed E-state index contributed by atoms with van der Waals surface area (Å²) in [6.45, 7) is 8.10.